The second-order valence-corrected chi connectivity index (χ2v) is 3.89. The summed E-state index contributed by atoms with van der Waals surface area (Å²) in [7, 11) is 0. The summed E-state index contributed by atoms with van der Waals surface area (Å²) >= 11 is 5.69. The number of halogens is 2. The fourth-order valence-corrected chi connectivity index (χ4v) is 1.74. The Hall–Kier alpha value is -1.42. The van der Waals surface area contributed by atoms with Crippen LogP contribution < -0.4 is 0 Å². The van der Waals surface area contributed by atoms with Gasteiger partial charge in [0.1, 0.15) is 17.2 Å². The second-order valence-electron chi connectivity index (χ2n) is 3.62. The van der Waals surface area contributed by atoms with Crippen LogP contribution in [0.3, 0.4) is 0 Å². The maximum absolute atomic E-state index is 13.7. The van der Waals surface area contributed by atoms with Gasteiger partial charge >= 0.3 is 0 Å². The minimum absolute atomic E-state index is 0.277. The van der Waals surface area contributed by atoms with Gasteiger partial charge in [-0.05, 0) is 31.5 Å². The molecule has 1 aromatic heterocycles. The molecule has 5 heteroatoms. The third kappa shape index (κ3) is 1.80. The number of rotatable bonds is 2. The van der Waals surface area contributed by atoms with Crippen LogP contribution in [0.4, 0.5) is 4.39 Å². The van der Waals surface area contributed by atoms with Crippen molar-refractivity contribution in [3.63, 3.8) is 0 Å². The highest BCUT2D eigenvalue weighted by Crippen LogP contribution is 2.17. The first-order chi connectivity index (χ1) is 7.63. The number of aryl methyl sites for hydroxylation is 1. The number of benzene rings is 1. The Morgan fingerprint density at radius 2 is 2.12 bits per heavy atom. The molecule has 0 aliphatic rings. The van der Waals surface area contributed by atoms with Crippen LogP contribution in [-0.2, 0) is 5.88 Å². The van der Waals surface area contributed by atoms with Gasteiger partial charge < -0.3 is 0 Å². The van der Waals surface area contributed by atoms with Crippen LogP contribution >= 0.6 is 11.6 Å². The number of nitrogens with zero attached hydrogens (tertiary/aromatic N) is 3. The fraction of sp³-hybridized carbons (Fsp3) is 0.273. The van der Waals surface area contributed by atoms with Crippen LogP contribution in [0.1, 0.15) is 17.0 Å². The van der Waals surface area contributed by atoms with E-state index in [2.05, 4.69) is 10.3 Å². The molecule has 0 radical (unpaired) electrons. The van der Waals surface area contributed by atoms with E-state index in [0.717, 1.165) is 11.3 Å². The van der Waals surface area contributed by atoms with Crippen LogP contribution in [-0.4, -0.2) is 15.0 Å². The zero-order valence-electron chi connectivity index (χ0n) is 9.04. The van der Waals surface area contributed by atoms with Crippen molar-refractivity contribution in [2.24, 2.45) is 0 Å². The predicted octanol–water partition coefficient (Wildman–Crippen LogP) is 2.76. The molecule has 84 valence electrons. The molecule has 0 bridgehead atoms. The van der Waals surface area contributed by atoms with Crippen molar-refractivity contribution in [3.05, 3.63) is 41.0 Å². The van der Waals surface area contributed by atoms with Gasteiger partial charge in [-0.1, -0.05) is 11.3 Å². The van der Waals surface area contributed by atoms with Crippen molar-refractivity contribution in [2.45, 2.75) is 19.7 Å². The van der Waals surface area contributed by atoms with Crippen molar-refractivity contribution < 1.29 is 4.39 Å². The van der Waals surface area contributed by atoms with Crippen LogP contribution in [0.5, 0.6) is 0 Å². The molecule has 2 rings (SSSR count). The predicted molar refractivity (Wildman–Crippen MR) is 60.3 cm³/mol. The van der Waals surface area contributed by atoms with Crippen LogP contribution in [0.2, 0.25) is 0 Å². The number of hydrogen-bond donors (Lipinski definition) is 0. The third-order valence-corrected chi connectivity index (χ3v) is 2.70. The van der Waals surface area contributed by atoms with Crippen molar-refractivity contribution in [3.8, 4) is 5.69 Å². The lowest BCUT2D eigenvalue weighted by atomic mass is 10.2. The minimum atomic E-state index is -0.311. The molecule has 0 amide bonds. The molecule has 0 spiro atoms. The molecule has 16 heavy (non-hydrogen) atoms. The number of hydrogen-bond acceptors (Lipinski definition) is 2. The smallest absolute Gasteiger partial charge is 0.149 e. The standard InChI is InChI=1S/C11H11ClFN3/c1-7-3-4-11(9(13)5-7)16-8(2)10(6-12)14-15-16/h3-5H,6H2,1-2H3. The molecule has 0 aliphatic heterocycles. The molecule has 1 aromatic carbocycles. The Kier molecular flexibility index (Phi) is 2.92. The first-order valence-electron chi connectivity index (χ1n) is 4.87. The molecule has 2 aromatic rings. The molecular formula is C11H11ClFN3. The molecule has 3 nitrogen and oxygen atoms in total. The average molecular weight is 240 g/mol. The maximum Gasteiger partial charge on any atom is 0.149 e. The first kappa shape index (κ1) is 11.1. The highest BCUT2D eigenvalue weighted by Gasteiger charge is 2.12. The van der Waals surface area contributed by atoms with E-state index in [1.807, 2.05) is 19.9 Å². The van der Waals surface area contributed by atoms with E-state index in [-0.39, 0.29) is 11.7 Å². The first-order valence-corrected chi connectivity index (χ1v) is 5.40. The quantitative estimate of drug-likeness (QED) is 0.755. The zero-order chi connectivity index (χ0) is 11.7. The highest BCUT2D eigenvalue weighted by molar-refractivity contribution is 6.16. The fourth-order valence-electron chi connectivity index (χ4n) is 1.50. The van der Waals surface area contributed by atoms with Gasteiger partial charge in [0, 0.05) is 0 Å². The van der Waals surface area contributed by atoms with Gasteiger partial charge in [0.25, 0.3) is 0 Å². The molecule has 0 unspecified atom stereocenters. The van der Waals surface area contributed by atoms with E-state index in [1.54, 1.807) is 6.07 Å². The van der Waals surface area contributed by atoms with E-state index < -0.39 is 0 Å². The van der Waals surface area contributed by atoms with Crippen molar-refractivity contribution in [2.75, 3.05) is 0 Å². The largest absolute Gasteiger partial charge is 0.215 e. The number of aromatic nitrogens is 3. The van der Waals surface area contributed by atoms with Crippen LogP contribution in [0.25, 0.3) is 5.69 Å². The zero-order valence-corrected chi connectivity index (χ0v) is 9.79. The summed E-state index contributed by atoms with van der Waals surface area (Å²) in [4.78, 5) is 0. The number of alkyl halides is 1. The Balaban J connectivity index is 2.54. The van der Waals surface area contributed by atoms with E-state index in [0.29, 0.717) is 11.4 Å². The third-order valence-electron chi connectivity index (χ3n) is 2.45. The highest BCUT2D eigenvalue weighted by atomic mass is 35.5. The minimum Gasteiger partial charge on any atom is -0.215 e. The second kappa shape index (κ2) is 4.22. The average Bonchev–Trinajstić information content (AvgIpc) is 2.60. The Bertz CT molecular complexity index is 522. The van der Waals surface area contributed by atoms with Crippen molar-refractivity contribution in [1.82, 2.24) is 15.0 Å². The van der Waals surface area contributed by atoms with Crippen LogP contribution in [0.15, 0.2) is 18.2 Å². The van der Waals surface area contributed by atoms with Gasteiger partial charge in [0.05, 0.1) is 11.6 Å². The lowest BCUT2D eigenvalue weighted by Crippen LogP contribution is -2.02. The SMILES string of the molecule is Cc1ccc(-n2nnc(CCl)c2C)c(F)c1. The molecular weight excluding hydrogens is 229 g/mol. The Morgan fingerprint density at radius 3 is 2.69 bits per heavy atom. The lowest BCUT2D eigenvalue weighted by molar-refractivity contribution is 0.603. The topological polar surface area (TPSA) is 30.7 Å². The van der Waals surface area contributed by atoms with Crippen LogP contribution in [0, 0.1) is 19.7 Å². The van der Waals surface area contributed by atoms with Gasteiger partial charge in [-0.25, -0.2) is 9.07 Å². The van der Waals surface area contributed by atoms with Gasteiger partial charge in [-0.15, -0.1) is 16.7 Å². The van der Waals surface area contributed by atoms with Crippen molar-refractivity contribution in [1.29, 1.82) is 0 Å². The molecule has 0 atom stereocenters. The summed E-state index contributed by atoms with van der Waals surface area (Å²) in [6, 6.07) is 4.99. The summed E-state index contributed by atoms with van der Waals surface area (Å²) in [6.45, 7) is 3.66. The van der Waals surface area contributed by atoms with Gasteiger partial charge in [-0.3, -0.25) is 0 Å². The maximum atomic E-state index is 13.7. The molecule has 0 saturated heterocycles. The lowest BCUT2D eigenvalue weighted by Gasteiger charge is -2.05. The monoisotopic (exact) mass is 239 g/mol. The van der Waals surface area contributed by atoms with E-state index in [1.165, 1.54) is 10.7 Å². The molecule has 0 fully saturated rings. The summed E-state index contributed by atoms with van der Waals surface area (Å²) in [5.74, 6) is -0.0339. The van der Waals surface area contributed by atoms with Gasteiger partial charge in [0.2, 0.25) is 0 Å². The van der Waals surface area contributed by atoms with Gasteiger partial charge in [-0.2, -0.15) is 0 Å². The molecule has 0 saturated carbocycles. The van der Waals surface area contributed by atoms with Gasteiger partial charge in [0.15, 0.2) is 0 Å². The molecule has 0 N–H and O–H groups in total. The van der Waals surface area contributed by atoms with E-state index >= 15 is 0 Å². The van der Waals surface area contributed by atoms with E-state index in [4.69, 9.17) is 11.6 Å². The normalized spacial score (nSPS) is 10.8. The molecule has 0 aliphatic carbocycles. The molecule has 1 heterocycles. The summed E-state index contributed by atoms with van der Waals surface area (Å²) in [5.41, 5.74) is 2.70. The van der Waals surface area contributed by atoms with Crippen molar-refractivity contribution >= 4 is 11.6 Å². The summed E-state index contributed by atoms with van der Waals surface area (Å²) in [5, 5.41) is 7.78. The summed E-state index contributed by atoms with van der Waals surface area (Å²) in [6.07, 6.45) is 0. The Morgan fingerprint density at radius 1 is 1.38 bits per heavy atom. The van der Waals surface area contributed by atoms with E-state index in [9.17, 15) is 4.39 Å². The Labute approximate surface area is 97.8 Å². The summed E-state index contributed by atoms with van der Waals surface area (Å²) < 4.78 is 15.2.